The summed E-state index contributed by atoms with van der Waals surface area (Å²) in [6.07, 6.45) is 1.37. The second kappa shape index (κ2) is 8.67. The molecule has 1 aromatic carbocycles. The van der Waals surface area contributed by atoms with Crippen LogP contribution in [0.1, 0.15) is 5.56 Å². The van der Waals surface area contributed by atoms with Crippen molar-refractivity contribution in [1.82, 2.24) is 15.0 Å². The van der Waals surface area contributed by atoms with Gasteiger partial charge in [0.15, 0.2) is 0 Å². The summed E-state index contributed by atoms with van der Waals surface area (Å²) < 4.78 is 11.0. The predicted octanol–water partition coefficient (Wildman–Crippen LogP) is 2.10. The van der Waals surface area contributed by atoms with Crippen LogP contribution in [-0.4, -0.2) is 64.8 Å². The van der Waals surface area contributed by atoms with Crippen LogP contribution in [0.2, 0.25) is 0 Å². The first-order valence-corrected chi connectivity index (χ1v) is 9.40. The summed E-state index contributed by atoms with van der Waals surface area (Å²) in [6.45, 7) is 2.52. The minimum absolute atomic E-state index is 0.102. The van der Waals surface area contributed by atoms with Gasteiger partial charge in [0.1, 0.15) is 16.0 Å². The van der Waals surface area contributed by atoms with E-state index in [1.165, 1.54) is 19.4 Å². The summed E-state index contributed by atoms with van der Waals surface area (Å²) in [6, 6.07) is 1.68. The van der Waals surface area contributed by atoms with Crippen molar-refractivity contribution in [1.29, 1.82) is 0 Å². The monoisotopic (exact) mass is 502 g/mol. The lowest BCUT2D eigenvalue weighted by molar-refractivity contribution is 0.122. The van der Waals surface area contributed by atoms with Crippen molar-refractivity contribution in [3.8, 4) is 17.5 Å². The molecule has 1 saturated heterocycles. The van der Waals surface area contributed by atoms with Crippen molar-refractivity contribution in [3.63, 3.8) is 0 Å². The van der Waals surface area contributed by atoms with Crippen LogP contribution in [0.15, 0.2) is 20.1 Å². The number of hydrazone groups is 1. The predicted molar refractivity (Wildman–Crippen MR) is 106 cm³/mol. The average Bonchev–Trinajstić information content (AvgIpc) is 2.70. The van der Waals surface area contributed by atoms with Gasteiger partial charge in [0.05, 0.1) is 31.0 Å². The zero-order chi connectivity index (χ0) is 19.4. The Morgan fingerprint density at radius 1 is 1.22 bits per heavy atom. The van der Waals surface area contributed by atoms with E-state index in [0.717, 1.165) is 0 Å². The lowest BCUT2D eigenvalue weighted by Crippen LogP contribution is -2.37. The number of morpholine rings is 1. The Labute approximate surface area is 171 Å². The normalized spacial score (nSPS) is 14.6. The number of rotatable bonds is 5. The number of aromatic nitrogens is 3. The van der Waals surface area contributed by atoms with Gasteiger partial charge in [-0.2, -0.15) is 20.1 Å². The maximum atomic E-state index is 10.1. The Morgan fingerprint density at radius 3 is 2.67 bits per heavy atom. The Kier molecular flexibility index (Phi) is 6.29. The maximum absolute atomic E-state index is 10.1. The van der Waals surface area contributed by atoms with E-state index < -0.39 is 0 Å². The van der Waals surface area contributed by atoms with Crippen LogP contribution in [0, 0.1) is 0 Å². The summed E-state index contributed by atoms with van der Waals surface area (Å²) in [4.78, 5) is 14.6. The number of aromatic hydroxyl groups is 2. The lowest BCUT2D eigenvalue weighted by atomic mass is 10.2. The van der Waals surface area contributed by atoms with E-state index in [0.29, 0.717) is 42.3 Å². The highest BCUT2D eigenvalue weighted by molar-refractivity contribution is 9.11. The van der Waals surface area contributed by atoms with E-state index in [1.807, 2.05) is 4.90 Å². The van der Waals surface area contributed by atoms with Crippen molar-refractivity contribution in [2.45, 2.75) is 0 Å². The zero-order valence-corrected chi connectivity index (χ0v) is 17.4. The van der Waals surface area contributed by atoms with Crippen LogP contribution in [0.4, 0.5) is 11.9 Å². The first kappa shape index (κ1) is 19.6. The molecule has 12 heteroatoms. The Balaban J connectivity index is 1.80. The zero-order valence-electron chi connectivity index (χ0n) is 14.2. The highest BCUT2D eigenvalue weighted by Gasteiger charge is 2.17. The molecule has 10 nitrogen and oxygen atoms in total. The molecule has 0 radical (unpaired) electrons. The molecule has 1 aliphatic heterocycles. The third-order valence-electron chi connectivity index (χ3n) is 3.65. The fraction of sp³-hybridized carbons (Fsp3) is 0.333. The van der Waals surface area contributed by atoms with Gasteiger partial charge in [0, 0.05) is 18.7 Å². The standard InChI is InChI=1S/C15H16Br2N6O4/c1-26-15-20-13(19-14(21-15)23-2-4-27-5-3-23)22-18-7-8-6-9(16)12(25)10(17)11(8)24/h6-7,24-25H,2-5H2,1H3,(H,19,20,21,22)/b18-7-. The Bertz CT molecular complexity index is 861. The van der Waals surface area contributed by atoms with Crippen molar-refractivity contribution < 1.29 is 19.7 Å². The molecule has 0 atom stereocenters. The highest BCUT2D eigenvalue weighted by atomic mass is 79.9. The number of benzene rings is 1. The van der Waals surface area contributed by atoms with Gasteiger partial charge in [-0.05, 0) is 37.9 Å². The summed E-state index contributed by atoms with van der Waals surface area (Å²) in [5.41, 5.74) is 3.06. The van der Waals surface area contributed by atoms with Gasteiger partial charge in [0.25, 0.3) is 5.95 Å². The van der Waals surface area contributed by atoms with E-state index in [1.54, 1.807) is 0 Å². The van der Waals surface area contributed by atoms with Gasteiger partial charge in [-0.3, -0.25) is 0 Å². The van der Waals surface area contributed by atoms with E-state index in [-0.39, 0.29) is 27.9 Å². The Hall–Kier alpha value is -2.18. The number of ether oxygens (including phenoxy) is 2. The minimum atomic E-state index is -0.150. The number of anilines is 2. The fourth-order valence-corrected chi connectivity index (χ4v) is 3.42. The largest absolute Gasteiger partial charge is 0.506 e. The molecule has 27 heavy (non-hydrogen) atoms. The van der Waals surface area contributed by atoms with Crippen LogP contribution in [0.25, 0.3) is 0 Å². The summed E-state index contributed by atoms with van der Waals surface area (Å²) in [5.74, 6) is 0.398. The number of nitrogens with one attached hydrogen (secondary N) is 1. The molecular formula is C15H16Br2N6O4. The lowest BCUT2D eigenvalue weighted by Gasteiger charge is -2.26. The molecule has 2 aromatic rings. The first-order chi connectivity index (χ1) is 13.0. The molecule has 2 heterocycles. The van der Waals surface area contributed by atoms with Gasteiger partial charge in [-0.25, -0.2) is 5.43 Å². The van der Waals surface area contributed by atoms with E-state index in [2.05, 4.69) is 57.3 Å². The highest BCUT2D eigenvalue weighted by Crippen LogP contribution is 2.40. The third-order valence-corrected chi connectivity index (χ3v) is 5.00. The van der Waals surface area contributed by atoms with Crippen LogP contribution >= 0.6 is 31.9 Å². The average molecular weight is 504 g/mol. The summed E-state index contributed by atoms with van der Waals surface area (Å²) in [7, 11) is 1.47. The Morgan fingerprint density at radius 2 is 1.96 bits per heavy atom. The molecule has 3 N–H and O–H groups in total. The number of phenols is 2. The quantitative estimate of drug-likeness (QED) is 0.415. The molecule has 0 unspecified atom stereocenters. The van der Waals surface area contributed by atoms with Gasteiger partial charge >= 0.3 is 6.01 Å². The first-order valence-electron chi connectivity index (χ1n) is 7.81. The minimum Gasteiger partial charge on any atom is -0.506 e. The van der Waals surface area contributed by atoms with Crippen molar-refractivity contribution in [2.24, 2.45) is 5.10 Å². The molecule has 1 fully saturated rings. The number of nitrogens with zero attached hydrogens (tertiary/aromatic N) is 5. The summed E-state index contributed by atoms with van der Waals surface area (Å²) in [5, 5.41) is 23.9. The number of phenolic OH excluding ortho intramolecular Hbond substituents is 2. The van der Waals surface area contributed by atoms with E-state index in [9.17, 15) is 10.2 Å². The van der Waals surface area contributed by atoms with Gasteiger partial charge < -0.3 is 24.6 Å². The SMILES string of the molecule is COc1nc(N/N=C\c2cc(Br)c(O)c(Br)c2O)nc(N2CCOCC2)n1. The summed E-state index contributed by atoms with van der Waals surface area (Å²) >= 11 is 6.31. The number of methoxy groups -OCH3 is 1. The molecule has 1 aliphatic rings. The van der Waals surface area contributed by atoms with Crippen LogP contribution in [0.3, 0.4) is 0 Å². The molecule has 0 aliphatic carbocycles. The molecule has 0 amide bonds. The van der Waals surface area contributed by atoms with Gasteiger partial charge in [-0.15, -0.1) is 0 Å². The van der Waals surface area contributed by atoms with Gasteiger partial charge in [0.2, 0.25) is 5.95 Å². The van der Waals surface area contributed by atoms with Crippen molar-refractivity contribution in [3.05, 3.63) is 20.6 Å². The topological polar surface area (TPSA) is 125 Å². The third kappa shape index (κ3) is 4.57. The smallest absolute Gasteiger partial charge is 0.322 e. The fourth-order valence-electron chi connectivity index (χ4n) is 2.27. The second-order valence-electron chi connectivity index (χ2n) is 5.37. The number of halogens is 2. The molecule has 144 valence electrons. The van der Waals surface area contributed by atoms with Crippen LogP contribution in [0.5, 0.6) is 17.5 Å². The molecule has 0 spiro atoms. The number of hydrogen-bond donors (Lipinski definition) is 3. The van der Waals surface area contributed by atoms with Crippen molar-refractivity contribution >= 4 is 50.0 Å². The van der Waals surface area contributed by atoms with E-state index >= 15 is 0 Å². The molecule has 0 saturated carbocycles. The maximum Gasteiger partial charge on any atom is 0.322 e. The number of hydrogen-bond acceptors (Lipinski definition) is 10. The molecule has 3 rings (SSSR count). The molecule has 0 bridgehead atoms. The molecular weight excluding hydrogens is 488 g/mol. The molecule has 1 aromatic heterocycles. The second-order valence-corrected chi connectivity index (χ2v) is 7.02. The van der Waals surface area contributed by atoms with Crippen molar-refractivity contribution in [2.75, 3.05) is 43.7 Å². The van der Waals surface area contributed by atoms with Crippen LogP contribution < -0.4 is 15.1 Å². The van der Waals surface area contributed by atoms with E-state index in [4.69, 9.17) is 9.47 Å². The van der Waals surface area contributed by atoms with Gasteiger partial charge in [-0.1, -0.05) is 0 Å². The van der Waals surface area contributed by atoms with Crippen LogP contribution in [-0.2, 0) is 4.74 Å².